The molecular formula is C33H37Cl2N7O6. The molecule has 3 saturated heterocycles. The van der Waals surface area contributed by atoms with Crippen molar-refractivity contribution < 1.29 is 23.7 Å². The van der Waals surface area contributed by atoms with Gasteiger partial charge in [0.1, 0.15) is 28.8 Å². The monoisotopic (exact) mass is 697 g/mol. The topological polar surface area (TPSA) is 144 Å². The number of nitrogens with one attached hydrogen (secondary N) is 1. The SMILES string of the molecule is CNc1ncc2cc(-c3c(Cl)c(OC)cc(OC)c3Cl)c(=O)n(CCOC3CN(C(=O)C(C#N)=CC(C)(C)N4CC5(COC5)C4)C3)c2n1. The van der Waals surface area contributed by atoms with Gasteiger partial charge in [-0.2, -0.15) is 10.2 Å². The first-order chi connectivity index (χ1) is 22.9. The Kier molecular flexibility index (Phi) is 9.32. The maximum atomic E-state index is 14.1. The Morgan fingerprint density at radius 2 is 1.85 bits per heavy atom. The lowest BCUT2D eigenvalue weighted by Crippen LogP contribution is -2.70. The van der Waals surface area contributed by atoms with Crippen molar-refractivity contribution in [1.29, 1.82) is 5.26 Å². The van der Waals surface area contributed by atoms with Gasteiger partial charge >= 0.3 is 0 Å². The van der Waals surface area contributed by atoms with E-state index in [0.29, 0.717) is 41.6 Å². The first-order valence-electron chi connectivity index (χ1n) is 15.5. The Bertz CT molecular complexity index is 1860. The second kappa shape index (κ2) is 13.2. The number of nitriles is 1. The first kappa shape index (κ1) is 34.0. The van der Waals surface area contributed by atoms with E-state index >= 15 is 0 Å². The molecule has 13 nitrogen and oxygen atoms in total. The standard InChI is InChI=1S/C33H37Cl2N7O6/c1-32(2,41-15-33(16-41)17-47-18-33)10-20(11-36)29(43)40-13-21(14-40)48-7-6-42-28-19(12-38-31(37-3)39-28)8-22(30(42)44)25-26(34)23(45-4)9-24(46-5)27(25)35/h8-10,12,21H,6-7,13-18H2,1-5H3,(H,37,38,39). The number of hydrogen-bond acceptors (Lipinski definition) is 11. The lowest BCUT2D eigenvalue weighted by atomic mass is 9.75. The number of aromatic nitrogens is 3. The van der Waals surface area contributed by atoms with Crippen LogP contribution < -0.4 is 20.3 Å². The minimum absolute atomic E-state index is 0.116. The predicted octanol–water partition coefficient (Wildman–Crippen LogP) is 3.61. The van der Waals surface area contributed by atoms with Gasteiger partial charge in [-0.05, 0) is 26.0 Å². The molecule has 1 spiro atoms. The molecule has 0 bridgehead atoms. The number of rotatable bonds is 11. The molecule has 0 saturated carbocycles. The Morgan fingerprint density at radius 3 is 2.42 bits per heavy atom. The number of carbonyl (C=O) groups excluding carboxylic acids is 1. The summed E-state index contributed by atoms with van der Waals surface area (Å²) in [5.74, 6) is 0.612. The molecule has 0 aliphatic carbocycles. The van der Waals surface area contributed by atoms with Crippen LogP contribution in [-0.2, 0) is 20.8 Å². The Balaban J connectivity index is 1.17. The highest BCUT2D eigenvalue weighted by Crippen LogP contribution is 2.45. The summed E-state index contributed by atoms with van der Waals surface area (Å²) in [6.45, 7) is 8.31. The molecule has 15 heteroatoms. The molecule has 0 unspecified atom stereocenters. The molecule has 0 atom stereocenters. The second-order valence-corrected chi connectivity index (χ2v) is 13.7. The molecule has 0 radical (unpaired) electrons. The van der Waals surface area contributed by atoms with Gasteiger partial charge in [-0.3, -0.25) is 19.1 Å². The summed E-state index contributed by atoms with van der Waals surface area (Å²) in [4.78, 5) is 40.0. The fourth-order valence-corrected chi connectivity index (χ4v) is 7.01. The summed E-state index contributed by atoms with van der Waals surface area (Å²) in [6, 6.07) is 5.29. The summed E-state index contributed by atoms with van der Waals surface area (Å²) in [5, 5.41) is 13.6. The number of pyridine rings is 1. The quantitative estimate of drug-likeness (QED) is 0.232. The van der Waals surface area contributed by atoms with Gasteiger partial charge in [0.25, 0.3) is 11.5 Å². The van der Waals surface area contributed by atoms with Crippen LogP contribution in [0.3, 0.4) is 0 Å². The molecule has 1 amide bonds. The van der Waals surface area contributed by atoms with Gasteiger partial charge in [0.05, 0.1) is 62.3 Å². The summed E-state index contributed by atoms with van der Waals surface area (Å²) in [5.41, 5.74) is 0.373. The molecule has 5 heterocycles. The molecular weight excluding hydrogens is 661 g/mol. The molecule has 254 valence electrons. The lowest BCUT2D eigenvalue weighted by molar-refractivity contribution is -0.204. The summed E-state index contributed by atoms with van der Waals surface area (Å²) < 4.78 is 23.8. The van der Waals surface area contributed by atoms with Crippen molar-refractivity contribution in [2.45, 2.75) is 32.0 Å². The molecule has 3 aliphatic heterocycles. The van der Waals surface area contributed by atoms with E-state index in [1.165, 1.54) is 18.8 Å². The lowest BCUT2D eigenvalue weighted by Gasteiger charge is -2.59. The molecule has 48 heavy (non-hydrogen) atoms. The van der Waals surface area contributed by atoms with Crippen molar-refractivity contribution in [1.82, 2.24) is 24.3 Å². The number of fused-ring (bicyclic) bond motifs is 1. The molecule has 3 aliphatic rings. The largest absolute Gasteiger partial charge is 0.495 e. The van der Waals surface area contributed by atoms with Crippen molar-refractivity contribution in [3.63, 3.8) is 0 Å². The van der Waals surface area contributed by atoms with Gasteiger partial charge in [0, 0.05) is 67.4 Å². The van der Waals surface area contributed by atoms with Crippen LogP contribution in [-0.4, -0.2) is 109 Å². The number of methoxy groups -OCH3 is 2. The minimum atomic E-state index is -0.436. The Morgan fingerprint density at radius 1 is 1.19 bits per heavy atom. The van der Waals surface area contributed by atoms with Gasteiger partial charge in [0.2, 0.25) is 5.95 Å². The number of ether oxygens (including phenoxy) is 4. The normalized spacial score (nSPS) is 17.8. The highest BCUT2D eigenvalue weighted by Gasteiger charge is 2.52. The van der Waals surface area contributed by atoms with Crippen molar-refractivity contribution in [3.05, 3.63) is 50.4 Å². The van der Waals surface area contributed by atoms with E-state index in [1.807, 2.05) is 13.8 Å². The highest BCUT2D eigenvalue weighted by molar-refractivity contribution is 6.41. The second-order valence-electron chi connectivity index (χ2n) is 12.9. The molecule has 1 N–H and O–H groups in total. The van der Waals surface area contributed by atoms with E-state index in [-0.39, 0.29) is 57.3 Å². The maximum Gasteiger partial charge on any atom is 0.264 e. The van der Waals surface area contributed by atoms with Crippen LogP contribution in [0.1, 0.15) is 13.8 Å². The molecule has 6 rings (SSSR count). The summed E-state index contributed by atoms with van der Waals surface area (Å²) in [7, 11) is 4.61. The maximum absolute atomic E-state index is 14.1. The van der Waals surface area contributed by atoms with E-state index < -0.39 is 11.1 Å². The van der Waals surface area contributed by atoms with Crippen molar-refractivity contribution in [2.24, 2.45) is 5.41 Å². The number of carbonyl (C=O) groups is 1. The Labute approximate surface area is 287 Å². The molecule has 2 aromatic heterocycles. The minimum Gasteiger partial charge on any atom is -0.495 e. The Hall–Kier alpha value is -3.93. The van der Waals surface area contributed by atoms with Gasteiger partial charge in [0.15, 0.2) is 0 Å². The van der Waals surface area contributed by atoms with Crippen molar-refractivity contribution >= 4 is 46.1 Å². The number of likely N-dealkylation sites (tertiary alicyclic amines) is 2. The third kappa shape index (κ3) is 6.08. The number of benzene rings is 1. The fraction of sp³-hybridized carbons (Fsp3) is 0.485. The van der Waals surface area contributed by atoms with Gasteiger partial charge in [-0.1, -0.05) is 23.2 Å². The van der Waals surface area contributed by atoms with Crippen LogP contribution in [0.25, 0.3) is 22.2 Å². The highest BCUT2D eigenvalue weighted by atomic mass is 35.5. The van der Waals surface area contributed by atoms with Crippen LogP contribution in [0.4, 0.5) is 5.95 Å². The number of anilines is 1. The van der Waals surface area contributed by atoms with Crippen LogP contribution in [0, 0.1) is 16.7 Å². The van der Waals surface area contributed by atoms with Crippen LogP contribution in [0.15, 0.2) is 34.8 Å². The predicted molar refractivity (Wildman–Crippen MR) is 181 cm³/mol. The third-order valence-corrected chi connectivity index (χ3v) is 9.98. The van der Waals surface area contributed by atoms with Gasteiger partial charge in [-0.25, -0.2) is 4.98 Å². The average Bonchev–Trinajstić information content (AvgIpc) is 3.00. The molecule has 3 fully saturated rings. The third-order valence-electron chi connectivity index (χ3n) is 9.23. The van der Waals surface area contributed by atoms with E-state index in [4.69, 9.17) is 42.1 Å². The molecule has 1 aromatic carbocycles. The van der Waals surface area contributed by atoms with E-state index in [0.717, 1.165) is 26.3 Å². The average molecular weight is 699 g/mol. The van der Waals surface area contributed by atoms with Gasteiger partial charge in [-0.15, -0.1) is 0 Å². The van der Waals surface area contributed by atoms with Crippen LogP contribution in [0.5, 0.6) is 11.5 Å². The summed E-state index contributed by atoms with van der Waals surface area (Å²) in [6.07, 6.45) is 3.11. The zero-order valence-electron chi connectivity index (χ0n) is 27.4. The van der Waals surface area contributed by atoms with E-state index in [2.05, 4.69) is 26.3 Å². The zero-order chi connectivity index (χ0) is 34.4. The van der Waals surface area contributed by atoms with E-state index in [1.54, 1.807) is 36.4 Å². The van der Waals surface area contributed by atoms with Crippen LogP contribution in [0.2, 0.25) is 10.0 Å². The van der Waals surface area contributed by atoms with Crippen molar-refractivity contribution in [3.8, 4) is 28.7 Å². The number of amides is 1. The number of hydrogen-bond donors (Lipinski definition) is 1. The smallest absolute Gasteiger partial charge is 0.264 e. The van der Waals surface area contributed by atoms with Gasteiger partial charge < -0.3 is 29.2 Å². The first-order valence-corrected chi connectivity index (χ1v) is 16.2. The van der Waals surface area contributed by atoms with Crippen molar-refractivity contribution in [2.75, 3.05) is 72.6 Å². The van der Waals surface area contributed by atoms with Crippen LogP contribution >= 0.6 is 23.2 Å². The number of halogens is 2. The number of nitrogens with zero attached hydrogens (tertiary/aromatic N) is 6. The molecule has 3 aromatic rings. The summed E-state index contributed by atoms with van der Waals surface area (Å²) >= 11 is 13.4. The van der Waals surface area contributed by atoms with E-state index in [9.17, 15) is 14.9 Å². The zero-order valence-corrected chi connectivity index (χ0v) is 28.9. The fourth-order valence-electron chi connectivity index (χ4n) is 6.31.